The predicted molar refractivity (Wildman–Crippen MR) is 81.1 cm³/mol. The number of benzene rings is 1. The van der Waals surface area contributed by atoms with Crippen LogP contribution in [0, 0.1) is 0 Å². The third kappa shape index (κ3) is 3.68. The molecule has 0 aliphatic heterocycles. The van der Waals surface area contributed by atoms with Crippen molar-refractivity contribution in [1.29, 1.82) is 0 Å². The molecule has 1 aromatic carbocycles. The summed E-state index contributed by atoms with van der Waals surface area (Å²) < 4.78 is 7.58. The predicted octanol–water partition coefficient (Wildman–Crippen LogP) is 2.95. The minimum absolute atomic E-state index is 0.245. The van der Waals surface area contributed by atoms with E-state index in [9.17, 15) is 0 Å². The maximum atomic E-state index is 5.59. The highest BCUT2D eigenvalue weighted by atomic mass is 16.5. The van der Waals surface area contributed by atoms with Crippen LogP contribution in [0.25, 0.3) is 5.69 Å². The van der Waals surface area contributed by atoms with Crippen LogP contribution in [-0.2, 0) is 4.74 Å². The first-order valence-electron chi connectivity index (χ1n) is 7.21. The summed E-state index contributed by atoms with van der Waals surface area (Å²) in [4.78, 5) is 0. The fraction of sp³-hybridized carbons (Fsp3) is 0.438. The lowest BCUT2D eigenvalue weighted by Gasteiger charge is -2.18. The number of rotatable bonds is 8. The Labute approximate surface area is 120 Å². The minimum atomic E-state index is 0.245. The molecule has 20 heavy (non-hydrogen) atoms. The fourth-order valence-corrected chi connectivity index (χ4v) is 2.25. The van der Waals surface area contributed by atoms with Gasteiger partial charge in [-0.25, -0.2) is 4.68 Å². The van der Waals surface area contributed by atoms with Crippen molar-refractivity contribution in [1.82, 2.24) is 15.1 Å². The average molecular weight is 273 g/mol. The SMILES string of the molecule is CCCOCCC(NC)c1ccnn1-c1ccccc1. The smallest absolute Gasteiger partial charge is 0.0649 e. The molecule has 0 saturated carbocycles. The van der Waals surface area contributed by atoms with Gasteiger partial charge in [-0.3, -0.25) is 0 Å². The van der Waals surface area contributed by atoms with Crippen LogP contribution in [0.4, 0.5) is 0 Å². The van der Waals surface area contributed by atoms with Crippen molar-refractivity contribution in [3.8, 4) is 5.69 Å². The average Bonchev–Trinajstić information content (AvgIpc) is 2.98. The highest BCUT2D eigenvalue weighted by Crippen LogP contribution is 2.19. The van der Waals surface area contributed by atoms with Crippen molar-refractivity contribution in [2.24, 2.45) is 0 Å². The van der Waals surface area contributed by atoms with Gasteiger partial charge in [0.2, 0.25) is 0 Å². The zero-order valence-electron chi connectivity index (χ0n) is 12.2. The molecule has 4 heteroatoms. The summed E-state index contributed by atoms with van der Waals surface area (Å²) in [5.74, 6) is 0. The second-order valence-corrected chi connectivity index (χ2v) is 4.75. The zero-order chi connectivity index (χ0) is 14.2. The van der Waals surface area contributed by atoms with Gasteiger partial charge in [-0.2, -0.15) is 5.10 Å². The number of hydrogen-bond acceptors (Lipinski definition) is 3. The van der Waals surface area contributed by atoms with E-state index in [0.717, 1.165) is 31.7 Å². The Kier molecular flexibility index (Phi) is 5.77. The molecule has 1 unspecified atom stereocenters. The molecular weight excluding hydrogens is 250 g/mol. The number of ether oxygens (including phenoxy) is 1. The minimum Gasteiger partial charge on any atom is -0.381 e. The van der Waals surface area contributed by atoms with Crippen LogP contribution in [0.15, 0.2) is 42.6 Å². The lowest BCUT2D eigenvalue weighted by atomic mass is 10.1. The van der Waals surface area contributed by atoms with Gasteiger partial charge in [0.05, 0.1) is 17.4 Å². The summed E-state index contributed by atoms with van der Waals surface area (Å²) in [6.45, 7) is 3.72. The maximum absolute atomic E-state index is 5.59. The normalized spacial score (nSPS) is 12.5. The molecule has 2 rings (SSSR count). The van der Waals surface area contributed by atoms with Crippen molar-refractivity contribution < 1.29 is 4.74 Å². The van der Waals surface area contributed by atoms with Crippen LogP contribution in [0.5, 0.6) is 0 Å². The first-order chi connectivity index (χ1) is 9.86. The first kappa shape index (κ1) is 14.8. The van der Waals surface area contributed by atoms with Crippen molar-refractivity contribution in [3.05, 3.63) is 48.3 Å². The first-order valence-corrected chi connectivity index (χ1v) is 7.21. The van der Waals surface area contributed by atoms with Crippen molar-refractivity contribution in [2.45, 2.75) is 25.8 Å². The number of nitrogens with one attached hydrogen (secondary N) is 1. The zero-order valence-corrected chi connectivity index (χ0v) is 12.2. The van der Waals surface area contributed by atoms with Crippen LogP contribution >= 0.6 is 0 Å². The van der Waals surface area contributed by atoms with E-state index >= 15 is 0 Å². The summed E-state index contributed by atoms with van der Waals surface area (Å²) in [5, 5.41) is 7.79. The van der Waals surface area contributed by atoms with Crippen LogP contribution < -0.4 is 5.32 Å². The van der Waals surface area contributed by atoms with E-state index in [1.165, 1.54) is 5.69 Å². The molecule has 108 valence electrons. The van der Waals surface area contributed by atoms with Crippen LogP contribution in [0.3, 0.4) is 0 Å². The largest absolute Gasteiger partial charge is 0.381 e. The van der Waals surface area contributed by atoms with Crippen molar-refractivity contribution >= 4 is 0 Å². The monoisotopic (exact) mass is 273 g/mol. The second-order valence-electron chi connectivity index (χ2n) is 4.75. The molecule has 0 bridgehead atoms. The molecule has 1 heterocycles. The standard InChI is InChI=1S/C16H23N3O/c1-3-12-20-13-10-15(17-2)16-9-11-18-19(16)14-7-5-4-6-8-14/h4-9,11,15,17H,3,10,12-13H2,1-2H3. The van der Waals surface area contributed by atoms with Gasteiger partial charge >= 0.3 is 0 Å². The summed E-state index contributed by atoms with van der Waals surface area (Å²) >= 11 is 0. The van der Waals surface area contributed by atoms with E-state index in [-0.39, 0.29) is 6.04 Å². The summed E-state index contributed by atoms with van der Waals surface area (Å²) in [6, 6.07) is 12.5. The Morgan fingerprint density at radius 3 is 2.70 bits per heavy atom. The van der Waals surface area contributed by atoms with E-state index in [1.807, 2.05) is 36.1 Å². The van der Waals surface area contributed by atoms with Gasteiger partial charge in [-0.05, 0) is 38.1 Å². The molecule has 1 N–H and O–H groups in total. The Hall–Kier alpha value is -1.65. The molecule has 1 atom stereocenters. The quantitative estimate of drug-likeness (QED) is 0.752. The van der Waals surface area contributed by atoms with E-state index in [4.69, 9.17) is 4.74 Å². The number of nitrogens with zero attached hydrogens (tertiary/aromatic N) is 2. The van der Waals surface area contributed by atoms with Gasteiger partial charge < -0.3 is 10.1 Å². The van der Waals surface area contributed by atoms with Crippen LogP contribution in [0.2, 0.25) is 0 Å². The molecule has 0 aliphatic rings. The molecule has 0 fully saturated rings. The highest BCUT2D eigenvalue weighted by Gasteiger charge is 2.15. The van der Waals surface area contributed by atoms with Crippen LogP contribution in [-0.4, -0.2) is 30.0 Å². The third-order valence-electron chi connectivity index (χ3n) is 3.28. The van der Waals surface area contributed by atoms with Gasteiger partial charge in [0, 0.05) is 19.4 Å². The molecule has 0 amide bonds. The summed E-state index contributed by atoms with van der Waals surface area (Å²) in [6.07, 6.45) is 3.85. The van der Waals surface area contributed by atoms with Gasteiger partial charge in [0.15, 0.2) is 0 Å². The number of para-hydroxylation sites is 1. The second kappa shape index (κ2) is 7.82. The van der Waals surface area contributed by atoms with Gasteiger partial charge in [-0.15, -0.1) is 0 Å². The van der Waals surface area contributed by atoms with Crippen molar-refractivity contribution in [3.63, 3.8) is 0 Å². The lowest BCUT2D eigenvalue weighted by molar-refractivity contribution is 0.124. The molecule has 4 nitrogen and oxygen atoms in total. The summed E-state index contributed by atoms with van der Waals surface area (Å²) in [5.41, 5.74) is 2.25. The highest BCUT2D eigenvalue weighted by molar-refractivity contribution is 5.33. The molecular formula is C16H23N3O. The molecule has 2 aromatic rings. The molecule has 0 spiro atoms. The van der Waals surface area contributed by atoms with Crippen LogP contribution in [0.1, 0.15) is 31.5 Å². The van der Waals surface area contributed by atoms with Gasteiger partial charge in [0.1, 0.15) is 0 Å². The maximum Gasteiger partial charge on any atom is 0.0649 e. The molecule has 0 aliphatic carbocycles. The van der Waals surface area contributed by atoms with Crippen molar-refractivity contribution in [2.75, 3.05) is 20.3 Å². The van der Waals surface area contributed by atoms with E-state index in [0.29, 0.717) is 0 Å². The number of aromatic nitrogens is 2. The Morgan fingerprint density at radius 1 is 1.20 bits per heavy atom. The molecule has 0 radical (unpaired) electrons. The Balaban J connectivity index is 2.09. The number of hydrogen-bond donors (Lipinski definition) is 1. The molecule has 1 aromatic heterocycles. The van der Waals surface area contributed by atoms with E-state index in [2.05, 4.69) is 35.5 Å². The third-order valence-corrected chi connectivity index (χ3v) is 3.28. The lowest BCUT2D eigenvalue weighted by Crippen LogP contribution is -2.21. The fourth-order valence-electron chi connectivity index (χ4n) is 2.25. The van der Waals surface area contributed by atoms with Gasteiger partial charge in [-0.1, -0.05) is 25.1 Å². The molecule has 0 saturated heterocycles. The Morgan fingerprint density at radius 2 is 2.00 bits per heavy atom. The Bertz CT molecular complexity index is 495. The summed E-state index contributed by atoms with van der Waals surface area (Å²) in [7, 11) is 1.98. The van der Waals surface area contributed by atoms with E-state index < -0.39 is 0 Å². The van der Waals surface area contributed by atoms with E-state index in [1.54, 1.807) is 0 Å². The van der Waals surface area contributed by atoms with Gasteiger partial charge in [0.25, 0.3) is 0 Å². The topological polar surface area (TPSA) is 39.1 Å².